The Morgan fingerprint density at radius 3 is 2.58 bits per heavy atom. The molecule has 2 heterocycles. The first-order valence-corrected chi connectivity index (χ1v) is 7.56. The van der Waals surface area contributed by atoms with Crippen LogP contribution in [0.1, 0.15) is 21.9 Å². The molecule has 6 heteroatoms. The number of para-hydroxylation sites is 1. The van der Waals surface area contributed by atoms with E-state index in [1.807, 2.05) is 55.5 Å². The van der Waals surface area contributed by atoms with E-state index >= 15 is 0 Å². The number of benzene rings is 1. The topological polar surface area (TPSA) is 79.8 Å². The predicted octanol–water partition coefficient (Wildman–Crippen LogP) is 3.04. The number of hydrogen-bond acceptors (Lipinski definition) is 5. The third-order valence-corrected chi connectivity index (χ3v) is 3.27. The molecule has 0 fully saturated rings. The van der Waals surface area contributed by atoms with Gasteiger partial charge in [0.1, 0.15) is 5.69 Å². The Bertz CT molecular complexity index is 821. The molecule has 1 amide bonds. The second kappa shape index (κ2) is 7.32. The molecule has 0 unspecified atom stereocenters. The van der Waals surface area contributed by atoms with Gasteiger partial charge >= 0.3 is 0 Å². The first kappa shape index (κ1) is 15.6. The molecule has 1 aromatic carbocycles. The van der Waals surface area contributed by atoms with Crippen molar-refractivity contribution in [1.82, 2.24) is 15.0 Å². The third kappa shape index (κ3) is 4.13. The van der Waals surface area contributed by atoms with Gasteiger partial charge < -0.3 is 10.6 Å². The van der Waals surface area contributed by atoms with Crippen molar-refractivity contribution in [3.8, 4) is 0 Å². The van der Waals surface area contributed by atoms with Gasteiger partial charge in [-0.1, -0.05) is 24.3 Å². The molecule has 24 heavy (non-hydrogen) atoms. The summed E-state index contributed by atoms with van der Waals surface area (Å²) in [5, 5.41) is 5.91. The summed E-state index contributed by atoms with van der Waals surface area (Å²) in [5.74, 6) is 0.131. The fraction of sp³-hybridized carbons (Fsp3) is 0.111. The van der Waals surface area contributed by atoms with Gasteiger partial charge in [0.15, 0.2) is 0 Å². The molecule has 0 atom stereocenters. The maximum atomic E-state index is 12.4. The lowest BCUT2D eigenvalue weighted by Crippen LogP contribution is -2.16. The maximum absolute atomic E-state index is 12.4. The standard InChI is InChI=1S/C18H17N5O/c1-13-11-16(17(24)22-14-7-3-2-4-8-14)23-18(21-13)20-12-15-9-5-6-10-19-15/h2-11H,12H2,1H3,(H,22,24)(H,20,21,23). The molecule has 2 N–H and O–H groups in total. The van der Waals surface area contributed by atoms with E-state index in [0.717, 1.165) is 11.4 Å². The molecule has 6 nitrogen and oxygen atoms in total. The van der Waals surface area contributed by atoms with Crippen molar-refractivity contribution in [2.45, 2.75) is 13.5 Å². The summed E-state index contributed by atoms with van der Waals surface area (Å²) in [7, 11) is 0. The van der Waals surface area contributed by atoms with E-state index in [-0.39, 0.29) is 5.91 Å². The fourth-order valence-electron chi connectivity index (χ4n) is 2.15. The lowest BCUT2D eigenvalue weighted by molar-refractivity contribution is 0.102. The molecule has 0 aliphatic carbocycles. The SMILES string of the molecule is Cc1cc(C(=O)Nc2ccccc2)nc(NCc2ccccn2)n1. The normalized spacial score (nSPS) is 10.2. The highest BCUT2D eigenvalue weighted by atomic mass is 16.1. The van der Waals surface area contributed by atoms with Crippen LogP contribution in [-0.2, 0) is 6.54 Å². The smallest absolute Gasteiger partial charge is 0.274 e. The van der Waals surface area contributed by atoms with Crippen LogP contribution in [0.15, 0.2) is 60.8 Å². The van der Waals surface area contributed by atoms with Crippen LogP contribution in [-0.4, -0.2) is 20.9 Å². The highest BCUT2D eigenvalue weighted by molar-refractivity contribution is 6.03. The Morgan fingerprint density at radius 1 is 1.04 bits per heavy atom. The minimum absolute atomic E-state index is 0.271. The van der Waals surface area contributed by atoms with Crippen LogP contribution >= 0.6 is 0 Å². The predicted molar refractivity (Wildman–Crippen MR) is 92.7 cm³/mol. The number of amides is 1. The molecule has 0 saturated carbocycles. The van der Waals surface area contributed by atoms with Crippen LogP contribution in [0.3, 0.4) is 0 Å². The Hall–Kier alpha value is -3.28. The average Bonchev–Trinajstić information content (AvgIpc) is 2.61. The van der Waals surface area contributed by atoms with Gasteiger partial charge in [0, 0.05) is 17.6 Å². The molecule has 0 aliphatic heterocycles. The van der Waals surface area contributed by atoms with E-state index in [1.54, 1.807) is 12.3 Å². The van der Waals surface area contributed by atoms with E-state index in [2.05, 4.69) is 25.6 Å². The van der Waals surface area contributed by atoms with Gasteiger partial charge in [0.25, 0.3) is 5.91 Å². The van der Waals surface area contributed by atoms with Gasteiger partial charge in [0.05, 0.1) is 12.2 Å². The van der Waals surface area contributed by atoms with Crippen LogP contribution in [0, 0.1) is 6.92 Å². The van der Waals surface area contributed by atoms with Crippen molar-refractivity contribution in [1.29, 1.82) is 0 Å². The number of nitrogens with zero attached hydrogens (tertiary/aromatic N) is 3. The molecule has 120 valence electrons. The lowest BCUT2D eigenvalue weighted by Gasteiger charge is -2.08. The lowest BCUT2D eigenvalue weighted by atomic mass is 10.3. The number of carbonyl (C=O) groups is 1. The van der Waals surface area contributed by atoms with Crippen molar-refractivity contribution in [2.75, 3.05) is 10.6 Å². The van der Waals surface area contributed by atoms with Crippen molar-refractivity contribution < 1.29 is 4.79 Å². The summed E-state index contributed by atoms with van der Waals surface area (Å²) in [4.78, 5) is 25.2. The van der Waals surface area contributed by atoms with Crippen LogP contribution in [0.25, 0.3) is 0 Å². The summed E-state index contributed by atoms with van der Waals surface area (Å²) < 4.78 is 0. The molecule has 2 aromatic heterocycles. The highest BCUT2D eigenvalue weighted by Crippen LogP contribution is 2.10. The Morgan fingerprint density at radius 2 is 1.83 bits per heavy atom. The zero-order valence-corrected chi connectivity index (χ0v) is 13.2. The van der Waals surface area contributed by atoms with E-state index in [1.165, 1.54) is 0 Å². The summed E-state index contributed by atoms with van der Waals surface area (Å²) in [6.07, 6.45) is 1.73. The minimum atomic E-state index is -0.271. The first-order valence-electron chi connectivity index (χ1n) is 7.56. The van der Waals surface area contributed by atoms with Gasteiger partial charge in [-0.25, -0.2) is 9.97 Å². The second-order valence-corrected chi connectivity index (χ2v) is 5.21. The number of hydrogen-bond donors (Lipinski definition) is 2. The zero-order valence-electron chi connectivity index (χ0n) is 13.2. The summed E-state index contributed by atoms with van der Waals surface area (Å²) in [6.45, 7) is 2.32. The van der Waals surface area contributed by atoms with E-state index in [4.69, 9.17) is 0 Å². The molecule has 3 aromatic rings. The monoisotopic (exact) mass is 319 g/mol. The van der Waals surface area contributed by atoms with E-state index in [9.17, 15) is 4.79 Å². The number of rotatable bonds is 5. The van der Waals surface area contributed by atoms with Crippen molar-refractivity contribution in [3.63, 3.8) is 0 Å². The summed E-state index contributed by atoms with van der Waals surface area (Å²) >= 11 is 0. The zero-order chi connectivity index (χ0) is 16.8. The maximum Gasteiger partial charge on any atom is 0.274 e. The number of pyridine rings is 1. The van der Waals surface area contributed by atoms with Gasteiger partial charge in [-0.2, -0.15) is 0 Å². The molecular formula is C18H17N5O. The van der Waals surface area contributed by atoms with Gasteiger partial charge in [-0.05, 0) is 37.3 Å². The Kier molecular flexibility index (Phi) is 4.76. The molecule has 0 radical (unpaired) electrons. The van der Waals surface area contributed by atoms with Crippen molar-refractivity contribution in [2.24, 2.45) is 0 Å². The fourth-order valence-corrected chi connectivity index (χ4v) is 2.15. The van der Waals surface area contributed by atoms with Crippen LogP contribution in [0.4, 0.5) is 11.6 Å². The highest BCUT2D eigenvalue weighted by Gasteiger charge is 2.11. The largest absolute Gasteiger partial charge is 0.349 e. The summed E-state index contributed by atoms with van der Waals surface area (Å²) in [6, 6.07) is 16.6. The number of nitrogens with one attached hydrogen (secondary N) is 2. The van der Waals surface area contributed by atoms with Crippen LogP contribution in [0.5, 0.6) is 0 Å². The number of carbonyl (C=O) groups excluding carboxylic acids is 1. The molecule has 0 bridgehead atoms. The molecule has 0 spiro atoms. The summed E-state index contributed by atoms with van der Waals surface area (Å²) in [5.41, 5.74) is 2.63. The van der Waals surface area contributed by atoms with Gasteiger partial charge in [0.2, 0.25) is 5.95 Å². The Balaban J connectivity index is 1.72. The quantitative estimate of drug-likeness (QED) is 0.755. The number of aromatic nitrogens is 3. The third-order valence-electron chi connectivity index (χ3n) is 3.27. The minimum Gasteiger partial charge on any atom is -0.349 e. The molecule has 0 saturated heterocycles. The van der Waals surface area contributed by atoms with Gasteiger partial charge in [-0.15, -0.1) is 0 Å². The number of aryl methyl sites for hydroxylation is 1. The Labute approximate surface area is 140 Å². The van der Waals surface area contributed by atoms with Crippen molar-refractivity contribution >= 4 is 17.5 Å². The van der Waals surface area contributed by atoms with Crippen molar-refractivity contribution in [3.05, 3.63) is 77.9 Å². The van der Waals surface area contributed by atoms with E-state index < -0.39 is 0 Å². The van der Waals surface area contributed by atoms with Crippen LogP contribution < -0.4 is 10.6 Å². The number of anilines is 2. The molecular weight excluding hydrogens is 302 g/mol. The molecule has 0 aliphatic rings. The van der Waals surface area contributed by atoms with E-state index in [0.29, 0.717) is 23.9 Å². The van der Waals surface area contributed by atoms with Crippen LogP contribution in [0.2, 0.25) is 0 Å². The average molecular weight is 319 g/mol. The first-order chi connectivity index (χ1) is 11.7. The molecule has 3 rings (SSSR count). The van der Waals surface area contributed by atoms with Gasteiger partial charge in [-0.3, -0.25) is 9.78 Å². The second-order valence-electron chi connectivity index (χ2n) is 5.21.